The summed E-state index contributed by atoms with van der Waals surface area (Å²) in [5, 5.41) is 12.7. The van der Waals surface area contributed by atoms with Gasteiger partial charge in [0.05, 0.1) is 11.2 Å². The van der Waals surface area contributed by atoms with Crippen molar-refractivity contribution in [3.8, 4) is 0 Å². The zero-order valence-corrected chi connectivity index (χ0v) is 13.5. The first-order valence-corrected chi connectivity index (χ1v) is 7.78. The molecule has 0 bridgehead atoms. The Hall–Kier alpha value is -2.21. The fraction of sp³-hybridized carbons (Fsp3) is 0.312. The molecule has 1 aromatic heterocycles. The van der Waals surface area contributed by atoms with Gasteiger partial charge in [0.15, 0.2) is 0 Å². The van der Waals surface area contributed by atoms with Crippen molar-refractivity contribution in [1.82, 2.24) is 10.3 Å². The summed E-state index contributed by atoms with van der Waals surface area (Å²) in [4.78, 5) is 28.1. The molecule has 1 amide bonds. The van der Waals surface area contributed by atoms with Crippen LogP contribution in [0.5, 0.6) is 0 Å². The Morgan fingerprint density at radius 3 is 2.45 bits per heavy atom. The lowest BCUT2D eigenvalue weighted by Crippen LogP contribution is -2.43. The normalized spacial score (nSPS) is 13.4. The van der Waals surface area contributed by atoms with Crippen molar-refractivity contribution in [1.29, 1.82) is 0 Å². The number of rotatable bonds is 5. The Kier molecular flexibility index (Phi) is 4.61. The number of nitrogens with zero attached hydrogens (tertiary/aromatic N) is 1. The van der Waals surface area contributed by atoms with Crippen LogP contribution in [0.3, 0.4) is 0 Å². The van der Waals surface area contributed by atoms with Crippen LogP contribution in [0.2, 0.25) is 0 Å². The molecule has 116 valence electrons. The summed E-state index contributed by atoms with van der Waals surface area (Å²) in [6.07, 6.45) is 0.609. The first-order chi connectivity index (χ1) is 10.4. The predicted molar refractivity (Wildman–Crippen MR) is 85.4 cm³/mol. The van der Waals surface area contributed by atoms with Gasteiger partial charge in [0, 0.05) is 5.56 Å². The highest BCUT2D eigenvalue weighted by molar-refractivity contribution is 7.13. The van der Waals surface area contributed by atoms with Crippen LogP contribution in [0.4, 0.5) is 0 Å². The van der Waals surface area contributed by atoms with E-state index in [1.807, 2.05) is 19.9 Å². The van der Waals surface area contributed by atoms with Crippen LogP contribution in [0.25, 0.3) is 0 Å². The van der Waals surface area contributed by atoms with Gasteiger partial charge < -0.3 is 10.4 Å². The van der Waals surface area contributed by atoms with Gasteiger partial charge in [0.2, 0.25) is 0 Å². The van der Waals surface area contributed by atoms with Crippen molar-refractivity contribution in [2.45, 2.75) is 32.7 Å². The molecule has 0 aliphatic rings. The molecule has 2 aromatic rings. The number of carbonyl (C=O) groups excluding carboxylic acids is 1. The SMILES string of the molecule is CC[C@](C)(NC(=O)c1ccccc1)c1nc(C)c(C(=O)O)s1. The highest BCUT2D eigenvalue weighted by Gasteiger charge is 2.32. The Bertz CT molecular complexity index is 697. The molecule has 0 saturated heterocycles. The van der Waals surface area contributed by atoms with Crippen molar-refractivity contribution in [3.63, 3.8) is 0 Å². The summed E-state index contributed by atoms with van der Waals surface area (Å²) in [7, 11) is 0. The van der Waals surface area contributed by atoms with E-state index in [1.54, 1.807) is 31.2 Å². The lowest BCUT2D eigenvalue weighted by Gasteiger charge is -2.27. The number of carboxylic acids is 1. The molecule has 1 aromatic carbocycles. The lowest BCUT2D eigenvalue weighted by atomic mass is 9.99. The summed E-state index contributed by atoms with van der Waals surface area (Å²) in [5.74, 6) is -1.19. The Labute approximate surface area is 133 Å². The summed E-state index contributed by atoms with van der Waals surface area (Å²) in [6.45, 7) is 5.46. The minimum absolute atomic E-state index is 0.199. The van der Waals surface area contributed by atoms with Gasteiger partial charge in [0.1, 0.15) is 9.88 Å². The van der Waals surface area contributed by atoms with Crippen molar-refractivity contribution < 1.29 is 14.7 Å². The largest absolute Gasteiger partial charge is 0.477 e. The van der Waals surface area contributed by atoms with Crippen LogP contribution in [0.15, 0.2) is 30.3 Å². The van der Waals surface area contributed by atoms with Gasteiger partial charge in [-0.05, 0) is 32.4 Å². The molecule has 0 unspecified atom stereocenters. The molecule has 0 saturated carbocycles. The first kappa shape index (κ1) is 16.2. The van der Waals surface area contributed by atoms with E-state index in [0.29, 0.717) is 22.7 Å². The summed E-state index contributed by atoms with van der Waals surface area (Å²) >= 11 is 1.11. The van der Waals surface area contributed by atoms with Gasteiger partial charge in [-0.15, -0.1) is 11.3 Å². The molecule has 6 heteroatoms. The third-order valence-corrected chi connectivity index (χ3v) is 5.00. The van der Waals surface area contributed by atoms with Gasteiger partial charge in [-0.1, -0.05) is 25.1 Å². The average molecular weight is 318 g/mol. The third-order valence-electron chi connectivity index (χ3n) is 3.60. The molecule has 0 aliphatic heterocycles. The van der Waals surface area contributed by atoms with Crippen molar-refractivity contribution >= 4 is 23.2 Å². The van der Waals surface area contributed by atoms with Crippen molar-refractivity contribution in [2.75, 3.05) is 0 Å². The van der Waals surface area contributed by atoms with Gasteiger partial charge >= 0.3 is 5.97 Å². The number of benzene rings is 1. The van der Waals surface area contributed by atoms with Crippen LogP contribution in [-0.2, 0) is 5.54 Å². The molecular weight excluding hydrogens is 300 g/mol. The minimum atomic E-state index is -0.992. The summed E-state index contributed by atoms with van der Waals surface area (Å²) in [5.41, 5.74) is 0.339. The second-order valence-electron chi connectivity index (χ2n) is 5.24. The zero-order valence-electron chi connectivity index (χ0n) is 12.7. The zero-order chi connectivity index (χ0) is 16.3. The summed E-state index contributed by atoms with van der Waals surface area (Å²) < 4.78 is 0. The second-order valence-corrected chi connectivity index (χ2v) is 6.24. The molecule has 1 heterocycles. The monoisotopic (exact) mass is 318 g/mol. The van der Waals surface area contributed by atoms with Gasteiger partial charge in [-0.25, -0.2) is 9.78 Å². The number of thiazole rings is 1. The van der Waals surface area contributed by atoms with Crippen LogP contribution in [-0.4, -0.2) is 22.0 Å². The number of aromatic carboxylic acids is 1. The smallest absolute Gasteiger partial charge is 0.347 e. The Morgan fingerprint density at radius 1 is 1.32 bits per heavy atom. The second kappa shape index (κ2) is 6.27. The standard InChI is InChI=1S/C16H18N2O3S/c1-4-16(3,15-17-10(2)12(22-15)14(20)21)18-13(19)11-8-6-5-7-9-11/h5-9H,4H2,1-3H3,(H,18,19)(H,20,21)/t16-/m0/s1. The number of carboxylic acid groups (broad SMARTS) is 1. The average Bonchev–Trinajstić information content (AvgIpc) is 2.91. The number of hydrogen-bond acceptors (Lipinski definition) is 4. The molecule has 0 spiro atoms. The van der Waals surface area contributed by atoms with Gasteiger partial charge in [-0.3, -0.25) is 4.79 Å². The van der Waals surface area contributed by atoms with E-state index in [4.69, 9.17) is 5.11 Å². The van der Waals surface area contributed by atoms with Crippen LogP contribution in [0.1, 0.15) is 51.0 Å². The van der Waals surface area contributed by atoms with Crippen molar-refractivity contribution in [3.05, 3.63) is 51.5 Å². The molecule has 5 nitrogen and oxygen atoms in total. The number of carbonyl (C=O) groups is 2. The van der Waals surface area contributed by atoms with E-state index >= 15 is 0 Å². The third kappa shape index (κ3) is 3.17. The van der Waals surface area contributed by atoms with E-state index in [9.17, 15) is 9.59 Å². The van der Waals surface area contributed by atoms with E-state index < -0.39 is 11.5 Å². The number of aromatic nitrogens is 1. The number of nitrogens with one attached hydrogen (secondary N) is 1. The molecule has 2 rings (SSSR count). The fourth-order valence-electron chi connectivity index (χ4n) is 2.04. The maximum absolute atomic E-state index is 12.4. The highest BCUT2D eigenvalue weighted by atomic mass is 32.1. The number of amides is 1. The maximum Gasteiger partial charge on any atom is 0.347 e. The van der Waals surface area contributed by atoms with Gasteiger partial charge in [-0.2, -0.15) is 0 Å². The first-order valence-electron chi connectivity index (χ1n) is 6.96. The Balaban J connectivity index is 2.31. The minimum Gasteiger partial charge on any atom is -0.477 e. The number of aryl methyl sites for hydroxylation is 1. The maximum atomic E-state index is 12.4. The quantitative estimate of drug-likeness (QED) is 0.887. The molecule has 0 radical (unpaired) electrons. The summed E-state index contributed by atoms with van der Waals surface area (Å²) in [6, 6.07) is 8.92. The molecule has 2 N–H and O–H groups in total. The predicted octanol–water partition coefficient (Wildman–Crippen LogP) is 3.20. The Morgan fingerprint density at radius 2 is 1.95 bits per heavy atom. The van der Waals surface area contributed by atoms with Crippen LogP contribution in [0, 0.1) is 6.92 Å². The molecule has 1 atom stereocenters. The van der Waals surface area contributed by atoms with E-state index in [1.165, 1.54) is 0 Å². The van der Waals surface area contributed by atoms with Crippen molar-refractivity contribution in [2.24, 2.45) is 0 Å². The van der Waals surface area contributed by atoms with Gasteiger partial charge in [0.25, 0.3) is 5.91 Å². The van der Waals surface area contributed by atoms with E-state index in [0.717, 1.165) is 11.3 Å². The highest BCUT2D eigenvalue weighted by Crippen LogP contribution is 2.31. The topological polar surface area (TPSA) is 79.3 Å². The molecule has 0 fully saturated rings. The lowest BCUT2D eigenvalue weighted by molar-refractivity contribution is 0.0700. The molecular formula is C16H18N2O3S. The van der Waals surface area contributed by atoms with E-state index in [-0.39, 0.29) is 10.8 Å². The van der Waals surface area contributed by atoms with Crippen LogP contribution >= 0.6 is 11.3 Å². The fourth-order valence-corrected chi connectivity index (χ4v) is 3.11. The number of hydrogen-bond donors (Lipinski definition) is 2. The molecule has 0 aliphatic carbocycles. The van der Waals surface area contributed by atoms with E-state index in [2.05, 4.69) is 10.3 Å². The van der Waals surface area contributed by atoms with Crippen LogP contribution < -0.4 is 5.32 Å². The molecule has 22 heavy (non-hydrogen) atoms.